The Morgan fingerprint density at radius 1 is 0.943 bits per heavy atom. The number of carboxylic acids is 1. The molecule has 35 heavy (non-hydrogen) atoms. The van der Waals surface area contributed by atoms with E-state index in [1.807, 2.05) is 17.5 Å². The fraction of sp³-hybridized carbons (Fsp3) is 0.111. The zero-order chi connectivity index (χ0) is 24.7. The van der Waals surface area contributed by atoms with Crippen LogP contribution in [0.2, 0.25) is 5.02 Å². The van der Waals surface area contributed by atoms with Crippen LogP contribution in [0.25, 0.3) is 32.7 Å². The SMILES string of the molecule is COC(=O)c1cc2c(cc1-c1cc(OC)c(-c3cccs3)cc1C(=O)O)COc1ccc(Cl)cc1-2. The van der Waals surface area contributed by atoms with Crippen molar-refractivity contribution in [1.29, 1.82) is 0 Å². The maximum Gasteiger partial charge on any atom is 0.338 e. The molecule has 2 heterocycles. The molecule has 176 valence electrons. The Morgan fingerprint density at radius 3 is 2.40 bits per heavy atom. The van der Waals surface area contributed by atoms with Crippen molar-refractivity contribution in [3.05, 3.63) is 81.7 Å². The van der Waals surface area contributed by atoms with E-state index in [0.717, 1.165) is 21.6 Å². The van der Waals surface area contributed by atoms with Crippen LogP contribution in [0.5, 0.6) is 11.5 Å². The van der Waals surface area contributed by atoms with Crippen LogP contribution in [-0.4, -0.2) is 31.3 Å². The lowest BCUT2D eigenvalue weighted by molar-refractivity contribution is 0.0600. The number of methoxy groups -OCH3 is 2. The average Bonchev–Trinajstić information content (AvgIpc) is 3.41. The summed E-state index contributed by atoms with van der Waals surface area (Å²) in [4.78, 5) is 26.1. The van der Waals surface area contributed by atoms with Gasteiger partial charge in [0.1, 0.15) is 18.1 Å². The van der Waals surface area contributed by atoms with Gasteiger partial charge in [-0.15, -0.1) is 11.3 Å². The fourth-order valence-corrected chi connectivity index (χ4v) is 5.20. The predicted octanol–water partition coefficient (Wildman–Crippen LogP) is 6.79. The molecule has 0 unspecified atom stereocenters. The molecule has 6 nitrogen and oxygen atoms in total. The van der Waals surface area contributed by atoms with E-state index in [1.165, 1.54) is 25.6 Å². The molecule has 1 aliphatic rings. The number of hydrogen-bond donors (Lipinski definition) is 1. The van der Waals surface area contributed by atoms with Gasteiger partial charge in [-0.25, -0.2) is 9.59 Å². The van der Waals surface area contributed by atoms with Gasteiger partial charge in [0.05, 0.1) is 25.3 Å². The Labute approximate surface area is 210 Å². The minimum absolute atomic E-state index is 0.0412. The number of hydrogen-bond acceptors (Lipinski definition) is 6. The highest BCUT2D eigenvalue weighted by atomic mass is 35.5. The van der Waals surface area contributed by atoms with Gasteiger partial charge >= 0.3 is 11.9 Å². The molecule has 0 fully saturated rings. The lowest BCUT2D eigenvalue weighted by Crippen LogP contribution is -2.11. The van der Waals surface area contributed by atoms with Crippen molar-refractivity contribution in [3.8, 4) is 44.2 Å². The van der Waals surface area contributed by atoms with Crippen molar-refractivity contribution in [2.75, 3.05) is 14.2 Å². The summed E-state index contributed by atoms with van der Waals surface area (Å²) in [6.07, 6.45) is 0. The van der Waals surface area contributed by atoms with E-state index in [1.54, 1.807) is 42.5 Å². The highest BCUT2D eigenvalue weighted by Crippen LogP contribution is 2.44. The van der Waals surface area contributed by atoms with E-state index in [2.05, 4.69) is 0 Å². The molecular weight excluding hydrogens is 488 g/mol. The molecule has 4 aromatic rings. The first-order valence-corrected chi connectivity index (χ1v) is 11.8. The van der Waals surface area contributed by atoms with E-state index in [-0.39, 0.29) is 17.7 Å². The lowest BCUT2D eigenvalue weighted by atomic mass is 9.87. The second-order valence-corrected chi connectivity index (χ2v) is 9.24. The van der Waals surface area contributed by atoms with Crippen LogP contribution in [0, 0.1) is 0 Å². The quantitative estimate of drug-likeness (QED) is 0.300. The first-order chi connectivity index (χ1) is 16.9. The van der Waals surface area contributed by atoms with Gasteiger partial charge < -0.3 is 19.3 Å². The molecule has 1 aliphatic heterocycles. The minimum Gasteiger partial charge on any atom is -0.496 e. The van der Waals surface area contributed by atoms with Crippen LogP contribution in [0.1, 0.15) is 26.3 Å². The number of rotatable bonds is 5. The highest BCUT2D eigenvalue weighted by Gasteiger charge is 2.27. The summed E-state index contributed by atoms with van der Waals surface area (Å²) >= 11 is 7.70. The molecule has 3 aromatic carbocycles. The van der Waals surface area contributed by atoms with Crippen LogP contribution < -0.4 is 9.47 Å². The van der Waals surface area contributed by atoms with Crippen molar-refractivity contribution in [3.63, 3.8) is 0 Å². The predicted molar refractivity (Wildman–Crippen MR) is 135 cm³/mol. The number of carbonyl (C=O) groups is 2. The van der Waals surface area contributed by atoms with Crippen molar-refractivity contribution in [2.45, 2.75) is 6.61 Å². The third kappa shape index (κ3) is 4.03. The number of ether oxygens (including phenoxy) is 3. The molecule has 5 rings (SSSR count). The van der Waals surface area contributed by atoms with Crippen molar-refractivity contribution >= 4 is 34.9 Å². The van der Waals surface area contributed by atoms with Gasteiger partial charge in [-0.3, -0.25) is 0 Å². The molecule has 0 bridgehead atoms. The van der Waals surface area contributed by atoms with Crippen LogP contribution in [0.15, 0.2) is 60.0 Å². The summed E-state index contributed by atoms with van der Waals surface area (Å²) in [5.41, 5.74) is 4.00. The molecule has 0 saturated heterocycles. The summed E-state index contributed by atoms with van der Waals surface area (Å²) in [5.74, 6) is -0.564. The molecule has 8 heteroatoms. The Hall–Kier alpha value is -3.81. The molecule has 0 aliphatic carbocycles. The molecule has 1 aromatic heterocycles. The number of fused-ring (bicyclic) bond motifs is 3. The molecule has 0 amide bonds. The largest absolute Gasteiger partial charge is 0.496 e. The molecule has 0 atom stereocenters. The van der Waals surface area contributed by atoms with Crippen molar-refractivity contribution in [2.24, 2.45) is 0 Å². The standard InChI is InChI=1S/C27H19ClO6S/c1-32-24-12-18(20(26(29)30)11-22(24)25-4-3-7-35-25)17-8-14-13-34-23-6-5-15(28)9-19(23)16(14)10-21(17)27(31)33-2/h3-12H,13H2,1-2H3,(H,29,30). The second-order valence-electron chi connectivity index (χ2n) is 7.86. The summed E-state index contributed by atoms with van der Waals surface area (Å²) in [7, 11) is 2.82. The Morgan fingerprint density at radius 2 is 1.71 bits per heavy atom. The lowest BCUT2D eigenvalue weighted by Gasteiger charge is -2.24. The van der Waals surface area contributed by atoms with Crippen LogP contribution in [0.4, 0.5) is 0 Å². The summed E-state index contributed by atoms with van der Waals surface area (Å²) < 4.78 is 16.6. The van der Waals surface area contributed by atoms with Gasteiger partial charge in [0.2, 0.25) is 0 Å². The van der Waals surface area contributed by atoms with Gasteiger partial charge in [0.15, 0.2) is 0 Å². The summed E-state index contributed by atoms with van der Waals surface area (Å²) in [6.45, 7) is 0.255. The number of thiophene rings is 1. The maximum atomic E-state index is 12.9. The van der Waals surface area contributed by atoms with Gasteiger partial charge in [0, 0.05) is 26.6 Å². The van der Waals surface area contributed by atoms with E-state index < -0.39 is 11.9 Å². The Kier molecular flexibility index (Phi) is 5.96. The zero-order valence-electron chi connectivity index (χ0n) is 18.8. The van der Waals surface area contributed by atoms with Crippen molar-refractivity contribution < 1.29 is 28.9 Å². The van der Waals surface area contributed by atoms with Gasteiger partial charge in [-0.1, -0.05) is 17.7 Å². The smallest absolute Gasteiger partial charge is 0.338 e. The maximum absolute atomic E-state index is 12.9. The van der Waals surface area contributed by atoms with Crippen LogP contribution in [0.3, 0.4) is 0 Å². The molecular formula is C27H19ClO6S. The first-order valence-electron chi connectivity index (χ1n) is 10.6. The molecule has 0 radical (unpaired) electrons. The van der Waals surface area contributed by atoms with Gasteiger partial charge in [-0.05, 0) is 70.6 Å². The number of benzene rings is 3. The van der Waals surface area contributed by atoms with Gasteiger partial charge in [0.25, 0.3) is 0 Å². The number of carboxylic acid groups (broad SMARTS) is 1. The normalized spacial score (nSPS) is 11.7. The summed E-state index contributed by atoms with van der Waals surface area (Å²) in [6, 6.07) is 15.8. The summed E-state index contributed by atoms with van der Waals surface area (Å²) in [5, 5.41) is 12.5. The monoisotopic (exact) mass is 506 g/mol. The number of esters is 1. The molecule has 1 N–H and O–H groups in total. The van der Waals surface area contributed by atoms with Crippen LogP contribution >= 0.6 is 22.9 Å². The van der Waals surface area contributed by atoms with E-state index in [4.69, 9.17) is 25.8 Å². The zero-order valence-corrected chi connectivity index (χ0v) is 20.3. The minimum atomic E-state index is -1.12. The number of carbonyl (C=O) groups excluding carboxylic acids is 1. The first kappa shape index (κ1) is 23.0. The second kappa shape index (κ2) is 9.09. The highest BCUT2D eigenvalue weighted by molar-refractivity contribution is 7.13. The van der Waals surface area contributed by atoms with E-state index in [9.17, 15) is 14.7 Å². The van der Waals surface area contributed by atoms with Crippen LogP contribution in [-0.2, 0) is 11.3 Å². The Bertz CT molecular complexity index is 1480. The van der Waals surface area contributed by atoms with E-state index in [0.29, 0.717) is 33.2 Å². The number of halogens is 1. The fourth-order valence-electron chi connectivity index (χ4n) is 4.28. The van der Waals surface area contributed by atoms with E-state index >= 15 is 0 Å². The van der Waals surface area contributed by atoms with Crippen molar-refractivity contribution in [1.82, 2.24) is 0 Å². The topological polar surface area (TPSA) is 82.1 Å². The average molecular weight is 507 g/mol. The number of aromatic carboxylic acids is 1. The van der Waals surface area contributed by atoms with Gasteiger partial charge in [-0.2, -0.15) is 0 Å². The molecule has 0 spiro atoms. The third-order valence-electron chi connectivity index (χ3n) is 5.91. The Balaban J connectivity index is 1.79. The molecule has 0 saturated carbocycles. The third-order valence-corrected chi connectivity index (χ3v) is 7.05.